The summed E-state index contributed by atoms with van der Waals surface area (Å²) < 4.78 is 22.7. The molecule has 0 fully saturated rings. The third-order valence-electron chi connectivity index (χ3n) is 3.08. The summed E-state index contributed by atoms with van der Waals surface area (Å²) in [5, 5.41) is 22.0. The summed E-state index contributed by atoms with van der Waals surface area (Å²) in [6, 6.07) is 4.85. The molecule has 0 aromatic heterocycles. The number of sulfone groups is 1. The molecule has 0 unspecified atom stereocenters. The molecule has 0 saturated carbocycles. The van der Waals surface area contributed by atoms with E-state index in [4.69, 9.17) is 0 Å². The highest BCUT2D eigenvalue weighted by Gasteiger charge is 2.23. The van der Waals surface area contributed by atoms with Gasteiger partial charge < -0.3 is 15.5 Å². The Kier molecular flexibility index (Phi) is 5.88. The van der Waals surface area contributed by atoms with Crippen LogP contribution in [0.5, 0.6) is 0 Å². The van der Waals surface area contributed by atoms with Crippen molar-refractivity contribution in [3.05, 3.63) is 29.8 Å². The zero-order valence-electron chi connectivity index (χ0n) is 12.3. The van der Waals surface area contributed by atoms with Crippen molar-refractivity contribution in [3.8, 4) is 0 Å². The Balaban J connectivity index is 2.90. The van der Waals surface area contributed by atoms with Gasteiger partial charge in [0, 0.05) is 12.2 Å². The number of rotatable bonds is 6. The molecule has 1 amide bonds. The van der Waals surface area contributed by atoms with Gasteiger partial charge >= 0.3 is 0 Å². The molecule has 7 heteroatoms. The van der Waals surface area contributed by atoms with Crippen LogP contribution in [-0.2, 0) is 14.6 Å². The zero-order chi connectivity index (χ0) is 16.2. The summed E-state index contributed by atoms with van der Waals surface area (Å²) in [6.07, 6.45) is -0.0241. The molecular formula is C14H21NO5S. The molecule has 0 saturated heterocycles. The lowest BCUT2D eigenvalue weighted by Gasteiger charge is -2.23. The lowest BCUT2D eigenvalue weighted by atomic mass is 10.0. The molecular weight excluding hydrogens is 294 g/mol. The Labute approximate surface area is 124 Å². The molecule has 1 aromatic carbocycles. The highest BCUT2D eigenvalue weighted by molar-refractivity contribution is 7.90. The van der Waals surface area contributed by atoms with Gasteiger partial charge in [-0.05, 0) is 17.7 Å². The van der Waals surface area contributed by atoms with Crippen molar-refractivity contribution in [1.82, 2.24) is 5.32 Å². The van der Waals surface area contributed by atoms with Gasteiger partial charge in [-0.3, -0.25) is 4.79 Å². The minimum atomic E-state index is -3.30. The second-order valence-electron chi connectivity index (χ2n) is 5.24. The molecule has 0 aliphatic heterocycles. The quantitative estimate of drug-likeness (QED) is 0.698. The van der Waals surface area contributed by atoms with Crippen LogP contribution in [0.1, 0.15) is 25.5 Å². The average Bonchev–Trinajstić information content (AvgIpc) is 2.42. The molecule has 0 radical (unpaired) electrons. The summed E-state index contributed by atoms with van der Waals surface area (Å²) >= 11 is 0. The number of hydrogen-bond donors (Lipinski definition) is 3. The van der Waals surface area contributed by atoms with Gasteiger partial charge in [0.15, 0.2) is 9.84 Å². The topological polar surface area (TPSA) is 104 Å². The number of aliphatic hydroxyl groups excluding tert-OH is 2. The SMILES string of the molecule is CC(C)C(=O)N[C@H](CO)[C@H](O)c1ccc(S(C)(=O)=O)cc1. The largest absolute Gasteiger partial charge is 0.394 e. The van der Waals surface area contributed by atoms with Crippen LogP contribution in [0.3, 0.4) is 0 Å². The Hall–Kier alpha value is -1.44. The van der Waals surface area contributed by atoms with Gasteiger partial charge in [-0.15, -0.1) is 0 Å². The van der Waals surface area contributed by atoms with Crippen LogP contribution in [0.25, 0.3) is 0 Å². The van der Waals surface area contributed by atoms with E-state index in [9.17, 15) is 23.4 Å². The van der Waals surface area contributed by atoms with Gasteiger partial charge in [-0.2, -0.15) is 0 Å². The first-order valence-corrected chi connectivity index (χ1v) is 8.45. The first-order valence-electron chi connectivity index (χ1n) is 6.56. The summed E-state index contributed by atoms with van der Waals surface area (Å²) in [5.41, 5.74) is 0.422. The predicted octanol–water partition coefficient (Wildman–Crippen LogP) is 0.257. The third kappa shape index (κ3) is 4.80. The molecule has 2 atom stereocenters. The van der Waals surface area contributed by atoms with E-state index in [1.807, 2.05) is 0 Å². The van der Waals surface area contributed by atoms with Crippen molar-refractivity contribution in [2.24, 2.45) is 5.92 Å². The second kappa shape index (κ2) is 7.02. The molecule has 0 aliphatic rings. The average molecular weight is 315 g/mol. The van der Waals surface area contributed by atoms with E-state index in [0.29, 0.717) is 5.56 Å². The third-order valence-corrected chi connectivity index (χ3v) is 4.21. The van der Waals surface area contributed by atoms with Crippen LogP contribution in [0.15, 0.2) is 29.2 Å². The molecule has 1 rings (SSSR count). The fourth-order valence-corrected chi connectivity index (χ4v) is 2.35. The first-order chi connectivity index (χ1) is 9.66. The number of hydrogen-bond acceptors (Lipinski definition) is 5. The molecule has 0 bridgehead atoms. The fourth-order valence-electron chi connectivity index (χ4n) is 1.72. The molecule has 6 nitrogen and oxygen atoms in total. The number of amides is 1. The van der Waals surface area contributed by atoms with E-state index in [2.05, 4.69) is 5.32 Å². The highest BCUT2D eigenvalue weighted by atomic mass is 32.2. The van der Waals surface area contributed by atoms with Gasteiger partial charge in [0.05, 0.1) is 17.5 Å². The standard InChI is InChI=1S/C14H21NO5S/c1-9(2)14(18)15-12(8-16)13(17)10-4-6-11(7-5-10)21(3,19)20/h4-7,9,12-13,16-17H,8H2,1-3H3,(H,15,18)/t12-,13-/m1/s1. The maximum absolute atomic E-state index is 11.6. The van der Waals surface area contributed by atoms with E-state index in [1.165, 1.54) is 24.3 Å². The summed E-state index contributed by atoms with van der Waals surface area (Å²) in [7, 11) is -3.30. The maximum Gasteiger partial charge on any atom is 0.222 e. The lowest BCUT2D eigenvalue weighted by molar-refractivity contribution is -0.126. The van der Waals surface area contributed by atoms with E-state index < -0.39 is 28.6 Å². The molecule has 0 heterocycles. The smallest absolute Gasteiger partial charge is 0.222 e. The normalized spacial score (nSPS) is 14.8. The Morgan fingerprint density at radius 2 is 1.76 bits per heavy atom. The van der Waals surface area contributed by atoms with E-state index >= 15 is 0 Å². The lowest BCUT2D eigenvalue weighted by Crippen LogP contribution is -2.43. The highest BCUT2D eigenvalue weighted by Crippen LogP contribution is 2.19. The van der Waals surface area contributed by atoms with Gasteiger partial charge in [0.25, 0.3) is 0 Å². The zero-order valence-corrected chi connectivity index (χ0v) is 13.1. The Bertz CT molecular complexity index is 580. The number of carbonyl (C=O) groups excluding carboxylic acids is 1. The van der Waals surface area contributed by atoms with Crippen molar-refractivity contribution in [3.63, 3.8) is 0 Å². The van der Waals surface area contributed by atoms with Crippen LogP contribution < -0.4 is 5.32 Å². The first kappa shape index (κ1) is 17.6. The minimum Gasteiger partial charge on any atom is -0.394 e. The number of aliphatic hydroxyl groups is 2. The van der Waals surface area contributed by atoms with Gasteiger partial charge in [0.1, 0.15) is 6.10 Å². The fraction of sp³-hybridized carbons (Fsp3) is 0.500. The van der Waals surface area contributed by atoms with Crippen LogP contribution >= 0.6 is 0 Å². The van der Waals surface area contributed by atoms with E-state index in [0.717, 1.165) is 6.26 Å². The van der Waals surface area contributed by atoms with E-state index in [-0.39, 0.29) is 16.7 Å². The van der Waals surface area contributed by atoms with Crippen molar-refractivity contribution in [1.29, 1.82) is 0 Å². The minimum absolute atomic E-state index is 0.144. The van der Waals surface area contributed by atoms with Crippen LogP contribution in [0.2, 0.25) is 0 Å². The molecule has 118 valence electrons. The van der Waals surface area contributed by atoms with E-state index in [1.54, 1.807) is 13.8 Å². The van der Waals surface area contributed by atoms with Crippen molar-refractivity contribution in [2.45, 2.75) is 30.9 Å². The molecule has 0 spiro atoms. The molecule has 0 aliphatic carbocycles. The summed E-state index contributed by atoms with van der Waals surface area (Å²) in [5.74, 6) is -0.542. The Morgan fingerprint density at radius 3 is 2.14 bits per heavy atom. The number of nitrogens with one attached hydrogen (secondary N) is 1. The predicted molar refractivity (Wildman–Crippen MR) is 78.4 cm³/mol. The number of carbonyl (C=O) groups is 1. The van der Waals surface area contributed by atoms with Crippen molar-refractivity contribution >= 4 is 15.7 Å². The van der Waals surface area contributed by atoms with Crippen molar-refractivity contribution in [2.75, 3.05) is 12.9 Å². The van der Waals surface area contributed by atoms with Gasteiger partial charge in [0.2, 0.25) is 5.91 Å². The number of benzene rings is 1. The maximum atomic E-state index is 11.6. The molecule has 3 N–H and O–H groups in total. The Morgan fingerprint density at radius 1 is 1.24 bits per heavy atom. The van der Waals surface area contributed by atoms with Gasteiger partial charge in [-0.1, -0.05) is 26.0 Å². The monoisotopic (exact) mass is 315 g/mol. The second-order valence-corrected chi connectivity index (χ2v) is 7.25. The molecule has 21 heavy (non-hydrogen) atoms. The van der Waals surface area contributed by atoms with Crippen LogP contribution in [0.4, 0.5) is 0 Å². The van der Waals surface area contributed by atoms with Crippen molar-refractivity contribution < 1.29 is 23.4 Å². The summed E-state index contributed by atoms with van der Waals surface area (Å²) in [4.78, 5) is 11.8. The molecule has 1 aromatic rings. The summed E-state index contributed by atoms with van der Waals surface area (Å²) in [6.45, 7) is 2.99. The van der Waals surface area contributed by atoms with Crippen LogP contribution in [0, 0.1) is 5.92 Å². The van der Waals surface area contributed by atoms with Gasteiger partial charge in [-0.25, -0.2) is 8.42 Å². The van der Waals surface area contributed by atoms with Crippen LogP contribution in [-0.4, -0.2) is 43.4 Å².